The molecule has 1 heterocycles. The number of halogens is 3. The van der Waals surface area contributed by atoms with E-state index in [1.165, 1.54) is 17.5 Å². The summed E-state index contributed by atoms with van der Waals surface area (Å²) in [6.45, 7) is 1.39. The zero-order valence-corrected chi connectivity index (χ0v) is 18.0. The third kappa shape index (κ3) is 5.70. The van der Waals surface area contributed by atoms with Gasteiger partial charge in [0.25, 0.3) is 0 Å². The van der Waals surface area contributed by atoms with Gasteiger partial charge in [0.2, 0.25) is 5.91 Å². The van der Waals surface area contributed by atoms with Crippen molar-refractivity contribution in [3.8, 4) is 0 Å². The minimum Gasteiger partial charge on any atom is -0.312 e. The molecular weight excluding hydrogens is 415 g/mol. The minimum atomic E-state index is -4.29. The number of alkyl halides is 3. The number of hydrazine groups is 1. The van der Waals surface area contributed by atoms with Crippen LogP contribution in [0.25, 0.3) is 0 Å². The lowest BCUT2D eigenvalue weighted by molar-refractivity contribution is -0.137. The van der Waals surface area contributed by atoms with Crippen LogP contribution in [0.1, 0.15) is 47.9 Å². The molecule has 1 amide bonds. The largest absolute Gasteiger partial charge is 0.416 e. The fourth-order valence-electron chi connectivity index (χ4n) is 4.98. The number of nitrogens with one attached hydrogen (secondary N) is 3. The molecule has 3 unspecified atom stereocenters. The normalized spacial score (nSPS) is 23.5. The van der Waals surface area contributed by atoms with Crippen molar-refractivity contribution in [2.75, 3.05) is 6.54 Å². The Balaban J connectivity index is 1.27. The molecule has 1 saturated heterocycles. The Morgan fingerprint density at radius 2 is 1.72 bits per heavy atom. The van der Waals surface area contributed by atoms with Gasteiger partial charge >= 0.3 is 6.18 Å². The van der Waals surface area contributed by atoms with Gasteiger partial charge in [0.05, 0.1) is 5.56 Å². The SMILES string of the molecule is O=C1NNC(Cc2cccc(CNCCc3ccc(C(F)(F)F)cc3)c2)C2CCCCC12. The lowest BCUT2D eigenvalue weighted by atomic mass is 9.72. The fraction of sp³-hybridized carbons (Fsp3) is 0.480. The predicted molar refractivity (Wildman–Crippen MR) is 118 cm³/mol. The zero-order chi connectivity index (χ0) is 22.6. The van der Waals surface area contributed by atoms with Gasteiger partial charge in [-0.2, -0.15) is 13.2 Å². The minimum absolute atomic E-state index is 0.130. The first-order chi connectivity index (χ1) is 15.4. The molecule has 3 atom stereocenters. The van der Waals surface area contributed by atoms with Crippen LogP contribution in [-0.2, 0) is 30.4 Å². The highest BCUT2D eigenvalue weighted by molar-refractivity contribution is 5.79. The highest BCUT2D eigenvalue weighted by Crippen LogP contribution is 2.35. The summed E-state index contributed by atoms with van der Waals surface area (Å²) in [4.78, 5) is 12.2. The van der Waals surface area contributed by atoms with E-state index in [1.807, 2.05) is 0 Å². The van der Waals surface area contributed by atoms with Gasteiger partial charge in [0, 0.05) is 18.5 Å². The number of rotatable bonds is 7. The second-order valence-corrected chi connectivity index (χ2v) is 8.94. The van der Waals surface area contributed by atoms with Crippen LogP contribution in [0, 0.1) is 11.8 Å². The van der Waals surface area contributed by atoms with E-state index >= 15 is 0 Å². The van der Waals surface area contributed by atoms with Crippen molar-refractivity contribution in [3.63, 3.8) is 0 Å². The predicted octanol–water partition coefficient (Wildman–Crippen LogP) is 4.39. The summed E-state index contributed by atoms with van der Waals surface area (Å²) in [5.41, 5.74) is 8.79. The van der Waals surface area contributed by atoms with Gasteiger partial charge in [-0.05, 0) is 67.0 Å². The third-order valence-electron chi connectivity index (χ3n) is 6.70. The molecule has 4 nitrogen and oxygen atoms in total. The van der Waals surface area contributed by atoms with Crippen molar-refractivity contribution in [2.24, 2.45) is 11.8 Å². The van der Waals surface area contributed by atoms with Crippen LogP contribution in [0.4, 0.5) is 13.2 Å². The van der Waals surface area contributed by atoms with Gasteiger partial charge in [-0.25, -0.2) is 5.43 Å². The molecule has 0 bridgehead atoms. The summed E-state index contributed by atoms with van der Waals surface area (Å²) < 4.78 is 38.0. The monoisotopic (exact) mass is 445 g/mol. The Bertz CT molecular complexity index is 913. The number of benzene rings is 2. The molecule has 2 aromatic rings. The zero-order valence-electron chi connectivity index (χ0n) is 18.0. The van der Waals surface area contributed by atoms with E-state index in [9.17, 15) is 18.0 Å². The van der Waals surface area contributed by atoms with E-state index < -0.39 is 11.7 Å². The van der Waals surface area contributed by atoms with Crippen molar-refractivity contribution in [1.29, 1.82) is 0 Å². The second kappa shape index (κ2) is 10.0. The molecule has 0 spiro atoms. The first kappa shape index (κ1) is 22.8. The number of hydrogen-bond donors (Lipinski definition) is 3. The first-order valence-corrected chi connectivity index (χ1v) is 11.4. The summed E-state index contributed by atoms with van der Waals surface area (Å²) in [6, 6.07) is 14.1. The average Bonchev–Trinajstić information content (AvgIpc) is 2.79. The molecule has 1 saturated carbocycles. The smallest absolute Gasteiger partial charge is 0.312 e. The van der Waals surface area contributed by atoms with Crippen LogP contribution in [-0.4, -0.2) is 18.5 Å². The lowest BCUT2D eigenvalue weighted by Gasteiger charge is -2.41. The molecule has 1 aliphatic heterocycles. The highest BCUT2D eigenvalue weighted by atomic mass is 19.4. The number of hydrogen-bond acceptors (Lipinski definition) is 3. The Morgan fingerprint density at radius 3 is 2.50 bits per heavy atom. The van der Waals surface area contributed by atoms with Gasteiger partial charge in [-0.1, -0.05) is 49.2 Å². The van der Waals surface area contributed by atoms with E-state index in [4.69, 9.17) is 0 Å². The van der Waals surface area contributed by atoms with Gasteiger partial charge in [0.1, 0.15) is 0 Å². The summed E-state index contributed by atoms with van der Waals surface area (Å²) in [5.74, 6) is 0.657. The molecule has 0 aromatic heterocycles. The molecule has 172 valence electrons. The molecule has 3 N–H and O–H groups in total. The van der Waals surface area contributed by atoms with Gasteiger partial charge < -0.3 is 5.32 Å². The topological polar surface area (TPSA) is 53.2 Å². The van der Waals surface area contributed by atoms with E-state index in [2.05, 4.69) is 40.4 Å². The standard InChI is InChI=1S/C25H30F3N3O/c26-25(27,28)20-10-8-17(9-11-20)12-13-29-16-19-5-3-4-18(14-19)15-23-21-6-1-2-7-22(21)24(32)31-30-23/h3-5,8-11,14,21-23,29-30H,1-2,6-7,12-13,15-16H2,(H,31,32). The Kier molecular flexibility index (Phi) is 7.16. The number of amides is 1. The maximum absolute atomic E-state index is 12.7. The van der Waals surface area contributed by atoms with Crippen LogP contribution < -0.4 is 16.2 Å². The maximum Gasteiger partial charge on any atom is 0.416 e. The molecule has 7 heteroatoms. The Labute approximate surface area is 186 Å². The maximum atomic E-state index is 12.7. The molecule has 2 fully saturated rings. The van der Waals surface area contributed by atoms with Crippen LogP contribution in [0.3, 0.4) is 0 Å². The van der Waals surface area contributed by atoms with Crippen LogP contribution in [0.5, 0.6) is 0 Å². The first-order valence-electron chi connectivity index (χ1n) is 11.4. The molecular formula is C25H30F3N3O. The molecule has 2 aliphatic rings. The van der Waals surface area contributed by atoms with Crippen LogP contribution in [0.15, 0.2) is 48.5 Å². The van der Waals surface area contributed by atoms with E-state index in [1.54, 1.807) is 12.1 Å². The van der Waals surface area contributed by atoms with Gasteiger partial charge in [-0.3, -0.25) is 10.2 Å². The van der Waals surface area contributed by atoms with Crippen molar-refractivity contribution >= 4 is 5.91 Å². The van der Waals surface area contributed by atoms with E-state index in [-0.39, 0.29) is 17.9 Å². The molecule has 32 heavy (non-hydrogen) atoms. The number of carbonyl (C=O) groups is 1. The van der Waals surface area contributed by atoms with Crippen molar-refractivity contribution < 1.29 is 18.0 Å². The van der Waals surface area contributed by atoms with Crippen LogP contribution >= 0.6 is 0 Å². The second-order valence-electron chi connectivity index (χ2n) is 8.94. The van der Waals surface area contributed by atoms with Gasteiger partial charge in [0.15, 0.2) is 0 Å². The molecule has 4 rings (SSSR count). The molecule has 0 radical (unpaired) electrons. The summed E-state index contributed by atoms with van der Waals surface area (Å²) in [5, 5.41) is 3.38. The average molecular weight is 446 g/mol. The fourth-order valence-corrected chi connectivity index (χ4v) is 4.98. The quantitative estimate of drug-likeness (QED) is 0.554. The highest BCUT2D eigenvalue weighted by Gasteiger charge is 2.39. The van der Waals surface area contributed by atoms with Crippen molar-refractivity contribution in [3.05, 3.63) is 70.8 Å². The Hall–Kier alpha value is -2.38. The summed E-state index contributed by atoms with van der Waals surface area (Å²) in [7, 11) is 0. The third-order valence-corrected chi connectivity index (χ3v) is 6.70. The number of carbonyl (C=O) groups excluding carboxylic acids is 1. The molecule has 1 aliphatic carbocycles. The van der Waals surface area contributed by atoms with Crippen molar-refractivity contribution in [1.82, 2.24) is 16.2 Å². The van der Waals surface area contributed by atoms with Gasteiger partial charge in [-0.15, -0.1) is 0 Å². The lowest BCUT2D eigenvalue weighted by Crippen LogP contribution is -2.60. The summed E-state index contributed by atoms with van der Waals surface area (Å²) in [6.07, 6.45) is 1.66. The van der Waals surface area contributed by atoms with Crippen molar-refractivity contribution in [2.45, 2.75) is 57.3 Å². The summed E-state index contributed by atoms with van der Waals surface area (Å²) >= 11 is 0. The van der Waals surface area contributed by atoms with Crippen LogP contribution in [0.2, 0.25) is 0 Å². The Morgan fingerprint density at radius 1 is 0.969 bits per heavy atom. The van der Waals surface area contributed by atoms with E-state index in [0.29, 0.717) is 25.4 Å². The molecule has 2 aromatic carbocycles. The number of fused-ring (bicyclic) bond motifs is 1. The van der Waals surface area contributed by atoms with E-state index in [0.717, 1.165) is 43.4 Å².